The number of hydrogen-bond donors (Lipinski definition) is 2. The van der Waals surface area contributed by atoms with Crippen molar-refractivity contribution in [1.29, 1.82) is 0 Å². The number of carbonyl (C=O) groups excluding carboxylic acids is 1. The predicted molar refractivity (Wildman–Crippen MR) is 48.9 cm³/mol. The van der Waals surface area contributed by atoms with Gasteiger partial charge in [0, 0.05) is 12.6 Å². The molecule has 1 aliphatic heterocycles. The van der Waals surface area contributed by atoms with Gasteiger partial charge < -0.3 is 4.90 Å². The number of carbonyl (C=O) groups is 1. The Morgan fingerprint density at radius 3 is 2.46 bits per heavy atom. The third-order valence-electron chi connectivity index (χ3n) is 1.64. The normalized spacial score (nSPS) is 19.0. The monoisotopic (exact) mass is 207 g/mol. The number of amides is 1. The zero-order chi connectivity index (χ0) is 10.4. The van der Waals surface area contributed by atoms with E-state index in [1.807, 2.05) is 4.90 Å². The van der Waals surface area contributed by atoms with E-state index in [1.54, 1.807) is 0 Å². The number of hydrogen-bond acceptors (Lipinski definition) is 3. The molecule has 0 aliphatic carbocycles. The molecule has 0 radical (unpaired) electrons. The fraction of sp³-hybridized carbons (Fsp3) is 0.571. The lowest BCUT2D eigenvalue weighted by molar-refractivity contribution is -0.121. The smallest absolute Gasteiger partial charge is 0.254 e. The zero-order valence-corrected chi connectivity index (χ0v) is 8.24. The van der Waals surface area contributed by atoms with Crippen LogP contribution < -0.4 is 0 Å². The Kier molecular flexibility index (Phi) is 5.33. The molecule has 1 rings (SSSR count). The minimum Gasteiger partial charge on any atom is -0.332 e. The van der Waals surface area contributed by atoms with E-state index in [0.717, 1.165) is 13.0 Å². The Balaban J connectivity index is 0.000000310. The third-order valence-corrected chi connectivity index (χ3v) is 1.64. The molecule has 1 atom stereocenters. The summed E-state index contributed by atoms with van der Waals surface area (Å²) in [4.78, 5) is 12.6. The lowest BCUT2D eigenvalue weighted by atomic mass is 10.4. The standard InChI is InChI=1S/C7H11NO.H2O3S/c1-3-6-5-8(6)7(9)4-2;1-4(2)3/h4,6H,2-3,5H2,1H3;4H,(H,1,2,3). The van der Waals surface area contributed by atoms with Crippen LogP contribution in [0.1, 0.15) is 13.3 Å². The van der Waals surface area contributed by atoms with E-state index in [4.69, 9.17) is 13.0 Å². The van der Waals surface area contributed by atoms with Gasteiger partial charge >= 0.3 is 0 Å². The Labute approximate surface area is 78.8 Å². The predicted octanol–water partition coefficient (Wildman–Crippen LogP) is -0.136. The average Bonchev–Trinajstić information content (AvgIpc) is 2.80. The van der Waals surface area contributed by atoms with Crippen LogP contribution in [-0.4, -0.2) is 36.4 Å². The zero-order valence-electron chi connectivity index (χ0n) is 7.34. The molecule has 1 N–H and O–H groups in total. The minimum absolute atomic E-state index is 0.0712. The molecule has 6 heteroatoms. The van der Waals surface area contributed by atoms with Gasteiger partial charge in [0.2, 0.25) is 5.91 Å². The summed E-state index contributed by atoms with van der Waals surface area (Å²) >= 11 is 0. The van der Waals surface area contributed by atoms with E-state index in [9.17, 15) is 4.79 Å². The second-order valence-corrected chi connectivity index (χ2v) is 2.97. The van der Waals surface area contributed by atoms with Crippen LogP contribution in [-0.2, 0) is 15.8 Å². The van der Waals surface area contributed by atoms with E-state index in [1.165, 1.54) is 6.08 Å². The van der Waals surface area contributed by atoms with Crippen LogP contribution in [0.3, 0.4) is 0 Å². The molecule has 0 aromatic heterocycles. The van der Waals surface area contributed by atoms with E-state index in [0.29, 0.717) is 6.04 Å². The molecule has 0 aromatic carbocycles. The summed E-state index contributed by atoms with van der Waals surface area (Å²) in [5, 5.41) is 0. The van der Waals surface area contributed by atoms with Crippen LogP contribution in [0.25, 0.3) is 0 Å². The highest BCUT2D eigenvalue weighted by molar-refractivity contribution is 7.66. The molecule has 76 valence electrons. The van der Waals surface area contributed by atoms with Gasteiger partial charge in [0.15, 0.2) is 0 Å². The average molecular weight is 207 g/mol. The maximum atomic E-state index is 10.8. The molecular weight excluding hydrogens is 194 g/mol. The second-order valence-electron chi connectivity index (χ2n) is 2.49. The van der Waals surface area contributed by atoms with Crippen molar-refractivity contribution in [2.75, 3.05) is 6.54 Å². The van der Waals surface area contributed by atoms with Crippen molar-refractivity contribution >= 4 is 16.9 Å². The molecule has 0 bridgehead atoms. The first-order valence-corrected chi connectivity index (χ1v) is 4.92. The largest absolute Gasteiger partial charge is 0.332 e. The Morgan fingerprint density at radius 2 is 2.23 bits per heavy atom. The minimum atomic E-state index is -3.12. The molecular formula is C7H13NO4S. The van der Waals surface area contributed by atoms with Crippen molar-refractivity contribution in [1.82, 2.24) is 4.90 Å². The molecule has 1 saturated heterocycles. The van der Waals surface area contributed by atoms with Crippen molar-refractivity contribution in [3.8, 4) is 0 Å². The highest BCUT2D eigenvalue weighted by atomic mass is 32.2. The summed E-state index contributed by atoms with van der Waals surface area (Å²) in [5.74, 6) is 0.0712. The van der Waals surface area contributed by atoms with Crippen LogP contribution in [0, 0.1) is 0 Å². The lowest BCUT2D eigenvalue weighted by Gasteiger charge is -1.94. The van der Waals surface area contributed by atoms with Crippen molar-refractivity contribution < 1.29 is 17.8 Å². The summed E-state index contributed by atoms with van der Waals surface area (Å²) in [6.45, 7) is 6.42. The van der Waals surface area contributed by atoms with Gasteiger partial charge in [-0.1, -0.05) is 13.5 Å². The Hall–Kier alpha value is -0.880. The molecule has 1 unspecified atom stereocenters. The van der Waals surface area contributed by atoms with Crippen molar-refractivity contribution in [3.63, 3.8) is 0 Å². The van der Waals surface area contributed by atoms with Crippen LogP contribution in [0.15, 0.2) is 12.7 Å². The second kappa shape index (κ2) is 5.71. The van der Waals surface area contributed by atoms with E-state index >= 15 is 0 Å². The van der Waals surface area contributed by atoms with Gasteiger partial charge in [-0.25, -0.2) is 8.42 Å². The van der Waals surface area contributed by atoms with Crippen molar-refractivity contribution in [2.45, 2.75) is 19.4 Å². The van der Waals surface area contributed by atoms with E-state index in [2.05, 4.69) is 13.5 Å². The summed E-state index contributed by atoms with van der Waals surface area (Å²) in [5.41, 5.74) is 0. The number of thiol groups is 1. The molecule has 5 nitrogen and oxygen atoms in total. The molecule has 0 aromatic rings. The van der Waals surface area contributed by atoms with Crippen LogP contribution >= 0.6 is 0 Å². The Morgan fingerprint density at radius 1 is 1.77 bits per heavy atom. The maximum Gasteiger partial charge on any atom is 0.254 e. The summed E-state index contributed by atoms with van der Waals surface area (Å²) < 4.78 is 24.2. The van der Waals surface area contributed by atoms with Crippen molar-refractivity contribution in [2.24, 2.45) is 0 Å². The van der Waals surface area contributed by atoms with Crippen LogP contribution in [0.2, 0.25) is 0 Å². The quantitative estimate of drug-likeness (QED) is 0.286. The molecule has 0 spiro atoms. The molecule has 1 aliphatic rings. The van der Waals surface area contributed by atoms with Crippen molar-refractivity contribution in [3.05, 3.63) is 12.7 Å². The molecule has 13 heavy (non-hydrogen) atoms. The first kappa shape index (κ1) is 12.1. The molecule has 1 heterocycles. The summed E-state index contributed by atoms with van der Waals surface area (Å²) in [6, 6.07) is 0.510. The highest BCUT2D eigenvalue weighted by Crippen LogP contribution is 2.19. The van der Waals surface area contributed by atoms with Gasteiger partial charge in [0.1, 0.15) is 0 Å². The summed E-state index contributed by atoms with van der Waals surface area (Å²) in [6.07, 6.45) is 2.44. The van der Waals surface area contributed by atoms with Gasteiger partial charge in [0.25, 0.3) is 11.0 Å². The lowest BCUT2D eigenvalue weighted by Crippen LogP contribution is -2.08. The maximum absolute atomic E-state index is 10.8. The van der Waals surface area contributed by atoms with Gasteiger partial charge in [-0.3, -0.25) is 9.35 Å². The van der Waals surface area contributed by atoms with E-state index < -0.39 is 11.0 Å². The molecule has 1 fully saturated rings. The number of nitrogens with zero attached hydrogens (tertiary/aromatic N) is 1. The van der Waals surface area contributed by atoms with Crippen LogP contribution in [0.5, 0.6) is 0 Å². The van der Waals surface area contributed by atoms with Gasteiger partial charge in [0.05, 0.1) is 0 Å². The Bertz CT molecular complexity index is 253. The SMILES string of the molecule is C=CC(=O)N1CC1CC.O=[SH](=O)O. The van der Waals surface area contributed by atoms with Crippen LogP contribution in [0.4, 0.5) is 0 Å². The molecule has 0 saturated carbocycles. The number of rotatable bonds is 2. The van der Waals surface area contributed by atoms with Gasteiger partial charge in [-0.2, -0.15) is 0 Å². The van der Waals surface area contributed by atoms with Gasteiger partial charge in [-0.15, -0.1) is 0 Å². The first-order valence-electron chi connectivity index (χ1n) is 3.79. The highest BCUT2D eigenvalue weighted by Gasteiger charge is 2.34. The first-order chi connectivity index (χ1) is 6.02. The fourth-order valence-corrected chi connectivity index (χ4v) is 0.917. The fourth-order valence-electron chi connectivity index (χ4n) is 0.917. The topological polar surface area (TPSA) is 74.5 Å². The van der Waals surface area contributed by atoms with E-state index in [-0.39, 0.29) is 5.91 Å². The van der Waals surface area contributed by atoms with Gasteiger partial charge in [-0.05, 0) is 12.5 Å². The summed E-state index contributed by atoms with van der Waals surface area (Å²) in [7, 11) is -3.12. The third kappa shape index (κ3) is 5.37. The molecule has 1 amide bonds.